The number of hydrogen-bond acceptors (Lipinski definition) is 7. The summed E-state index contributed by atoms with van der Waals surface area (Å²) in [5, 5.41) is 26.6. The van der Waals surface area contributed by atoms with Crippen molar-refractivity contribution in [3.05, 3.63) is 58.2 Å². The smallest absolute Gasteiger partial charge is 0.295 e. The molecule has 1 aliphatic rings. The number of hydrogen-bond donors (Lipinski definition) is 1. The second-order valence-electron chi connectivity index (χ2n) is 6.80. The van der Waals surface area contributed by atoms with Crippen molar-refractivity contribution in [2.45, 2.75) is 38.6 Å². The van der Waals surface area contributed by atoms with E-state index in [1.165, 1.54) is 42.0 Å². The number of aryl methyl sites for hydroxylation is 1. The van der Waals surface area contributed by atoms with Gasteiger partial charge in [0.1, 0.15) is 30.0 Å². The summed E-state index contributed by atoms with van der Waals surface area (Å²) in [4.78, 5) is 27.2. The van der Waals surface area contributed by atoms with Gasteiger partial charge in [-0.05, 0) is 25.0 Å². The van der Waals surface area contributed by atoms with Gasteiger partial charge in [-0.15, -0.1) is 10.2 Å². The van der Waals surface area contributed by atoms with Crippen molar-refractivity contribution in [1.29, 1.82) is 0 Å². The van der Waals surface area contributed by atoms with Crippen LogP contribution < -0.4 is 5.32 Å². The van der Waals surface area contributed by atoms with Crippen molar-refractivity contribution >= 4 is 11.6 Å². The van der Waals surface area contributed by atoms with E-state index in [0.717, 1.165) is 37.5 Å². The lowest BCUT2D eigenvalue weighted by atomic mass is 10.1. The number of amides is 1. The summed E-state index contributed by atoms with van der Waals surface area (Å²) >= 11 is 0. The SMILES string of the molecule is O=C(NCCc1nnc2n1CCCCC2)c1ccc(-n2cncn2)c([N+](=O)[O-])c1. The highest BCUT2D eigenvalue weighted by Crippen LogP contribution is 2.23. The molecule has 4 rings (SSSR count). The van der Waals surface area contributed by atoms with Crippen LogP contribution in [0.2, 0.25) is 0 Å². The lowest BCUT2D eigenvalue weighted by molar-refractivity contribution is -0.384. The minimum absolute atomic E-state index is 0.209. The van der Waals surface area contributed by atoms with Gasteiger partial charge in [-0.3, -0.25) is 14.9 Å². The van der Waals surface area contributed by atoms with Crippen LogP contribution >= 0.6 is 0 Å². The topological polar surface area (TPSA) is 134 Å². The Hall–Kier alpha value is -3.63. The summed E-state index contributed by atoms with van der Waals surface area (Å²) in [6.07, 6.45) is 7.55. The Morgan fingerprint density at radius 1 is 1.24 bits per heavy atom. The molecular formula is C18H20N8O3. The van der Waals surface area contributed by atoms with Crippen LogP contribution in [0.1, 0.15) is 41.3 Å². The van der Waals surface area contributed by atoms with E-state index in [9.17, 15) is 14.9 Å². The van der Waals surface area contributed by atoms with Crippen molar-refractivity contribution in [2.24, 2.45) is 0 Å². The van der Waals surface area contributed by atoms with Gasteiger partial charge >= 0.3 is 0 Å². The number of carbonyl (C=O) groups excluding carboxylic acids is 1. The number of nitro benzene ring substituents is 1. The van der Waals surface area contributed by atoms with Gasteiger partial charge in [0, 0.05) is 37.6 Å². The van der Waals surface area contributed by atoms with Gasteiger partial charge in [-0.1, -0.05) is 6.42 Å². The Bertz CT molecular complexity index is 1030. The number of nitrogens with zero attached hydrogens (tertiary/aromatic N) is 7. The van der Waals surface area contributed by atoms with Crippen molar-refractivity contribution in [2.75, 3.05) is 6.54 Å². The van der Waals surface area contributed by atoms with Crippen LogP contribution in [0.4, 0.5) is 5.69 Å². The molecule has 0 atom stereocenters. The highest BCUT2D eigenvalue weighted by molar-refractivity contribution is 5.95. The fourth-order valence-corrected chi connectivity index (χ4v) is 3.46. The summed E-state index contributed by atoms with van der Waals surface area (Å²) < 4.78 is 3.42. The molecule has 29 heavy (non-hydrogen) atoms. The molecule has 0 bridgehead atoms. The van der Waals surface area contributed by atoms with Gasteiger partial charge in [0.25, 0.3) is 11.6 Å². The highest BCUT2D eigenvalue weighted by atomic mass is 16.6. The van der Waals surface area contributed by atoms with Gasteiger partial charge < -0.3 is 9.88 Å². The maximum atomic E-state index is 12.5. The Balaban J connectivity index is 1.43. The Labute approximate surface area is 165 Å². The third kappa shape index (κ3) is 3.98. The monoisotopic (exact) mass is 396 g/mol. The predicted molar refractivity (Wildman–Crippen MR) is 102 cm³/mol. The maximum absolute atomic E-state index is 12.5. The van der Waals surface area contributed by atoms with E-state index >= 15 is 0 Å². The van der Waals surface area contributed by atoms with E-state index in [1.807, 2.05) is 0 Å². The Morgan fingerprint density at radius 3 is 2.93 bits per heavy atom. The lowest BCUT2D eigenvalue weighted by Gasteiger charge is -2.09. The molecule has 150 valence electrons. The van der Waals surface area contributed by atoms with Crippen molar-refractivity contribution < 1.29 is 9.72 Å². The molecule has 0 spiro atoms. The molecule has 11 heteroatoms. The van der Waals surface area contributed by atoms with Gasteiger partial charge in [-0.25, -0.2) is 9.67 Å². The molecule has 1 N–H and O–H groups in total. The average Bonchev–Trinajstić information content (AvgIpc) is 3.33. The number of rotatable bonds is 6. The van der Waals surface area contributed by atoms with Crippen LogP contribution in [0.3, 0.4) is 0 Å². The average molecular weight is 396 g/mol. The quantitative estimate of drug-likeness (QED) is 0.492. The molecule has 0 saturated heterocycles. The normalized spacial score (nSPS) is 13.5. The molecule has 3 aromatic rings. The standard InChI is InChI=1S/C18H20N8O3/c27-18(20-8-7-17-23-22-16-4-2-1-3-9-24(16)17)13-5-6-14(15(10-13)26(28)29)25-12-19-11-21-25/h5-6,10-12H,1-4,7-9H2,(H,20,27). The van der Waals surface area contributed by atoms with E-state index in [2.05, 4.69) is 30.2 Å². The van der Waals surface area contributed by atoms with Crippen molar-refractivity contribution in [1.82, 2.24) is 34.8 Å². The predicted octanol–water partition coefficient (Wildman–Crippen LogP) is 1.47. The molecule has 1 aromatic carbocycles. The summed E-state index contributed by atoms with van der Waals surface area (Å²) in [6.45, 7) is 1.27. The number of carbonyl (C=O) groups is 1. The van der Waals surface area contributed by atoms with Crippen LogP contribution in [0, 0.1) is 10.1 Å². The van der Waals surface area contributed by atoms with E-state index in [1.54, 1.807) is 0 Å². The first kappa shape index (κ1) is 18.7. The Kier molecular flexibility index (Phi) is 5.27. The van der Waals surface area contributed by atoms with E-state index in [-0.39, 0.29) is 22.8 Å². The molecule has 0 saturated carbocycles. The number of aromatic nitrogens is 6. The number of benzene rings is 1. The van der Waals surface area contributed by atoms with E-state index in [4.69, 9.17) is 0 Å². The maximum Gasteiger partial charge on any atom is 0.295 e. The summed E-state index contributed by atoms with van der Waals surface area (Å²) in [5.74, 6) is 1.48. The first-order valence-electron chi connectivity index (χ1n) is 9.46. The van der Waals surface area contributed by atoms with Gasteiger partial charge in [0.2, 0.25) is 0 Å². The molecule has 0 aliphatic carbocycles. The zero-order valence-corrected chi connectivity index (χ0v) is 15.7. The molecule has 0 unspecified atom stereocenters. The number of nitrogens with one attached hydrogen (secondary N) is 1. The third-order valence-electron chi connectivity index (χ3n) is 4.92. The zero-order chi connectivity index (χ0) is 20.2. The van der Waals surface area contributed by atoms with Crippen LogP contribution in [-0.4, -0.2) is 46.9 Å². The third-order valence-corrected chi connectivity index (χ3v) is 4.92. The zero-order valence-electron chi connectivity index (χ0n) is 15.7. The second-order valence-corrected chi connectivity index (χ2v) is 6.80. The number of nitro groups is 1. The molecular weight excluding hydrogens is 376 g/mol. The molecule has 0 radical (unpaired) electrons. The molecule has 1 amide bonds. The fraction of sp³-hybridized carbons (Fsp3) is 0.389. The van der Waals surface area contributed by atoms with Crippen LogP contribution in [-0.2, 0) is 19.4 Å². The summed E-state index contributed by atoms with van der Waals surface area (Å²) in [5.41, 5.74) is 0.238. The van der Waals surface area contributed by atoms with E-state index < -0.39 is 4.92 Å². The fourth-order valence-electron chi connectivity index (χ4n) is 3.46. The lowest BCUT2D eigenvalue weighted by Crippen LogP contribution is -2.26. The van der Waals surface area contributed by atoms with Crippen LogP contribution in [0.15, 0.2) is 30.9 Å². The minimum atomic E-state index is -0.542. The first-order chi connectivity index (χ1) is 14.1. The summed E-state index contributed by atoms with van der Waals surface area (Å²) in [6, 6.07) is 4.26. The molecule has 1 aliphatic heterocycles. The first-order valence-corrected chi connectivity index (χ1v) is 9.46. The molecule has 2 aromatic heterocycles. The minimum Gasteiger partial charge on any atom is -0.352 e. The van der Waals surface area contributed by atoms with E-state index in [0.29, 0.717) is 13.0 Å². The van der Waals surface area contributed by atoms with Crippen LogP contribution in [0.5, 0.6) is 0 Å². The van der Waals surface area contributed by atoms with Gasteiger partial charge in [-0.2, -0.15) is 5.10 Å². The van der Waals surface area contributed by atoms with Crippen molar-refractivity contribution in [3.63, 3.8) is 0 Å². The van der Waals surface area contributed by atoms with Gasteiger partial charge in [0.05, 0.1) is 4.92 Å². The number of fused-ring (bicyclic) bond motifs is 1. The highest BCUT2D eigenvalue weighted by Gasteiger charge is 2.20. The summed E-state index contributed by atoms with van der Waals surface area (Å²) in [7, 11) is 0. The second kappa shape index (κ2) is 8.17. The molecule has 3 heterocycles. The van der Waals surface area contributed by atoms with Crippen molar-refractivity contribution in [3.8, 4) is 5.69 Å². The molecule has 11 nitrogen and oxygen atoms in total. The molecule has 0 fully saturated rings. The van der Waals surface area contributed by atoms with Crippen LogP contribution in [0.25, 0.3) is 5.69 Å². The van der Waals surface area contributed by atoms with Gasteiger partial charge in [0.15, 0.2) is 0 Å². The Morgan fingerprint density at radius 2 is 2.14 bits per heavy atom. The largest absolute Gasteiger partial charge is 0.352 e.